The number of aryl methyl sites for hydroxylation is 1. The zero-order valence-electron chi connectivity index (χ0n) is 16.9. The first-order valence-corrected chi connectivity index (χ1v) is 10.1. The van der Waals surface area contributed by atoms with Gasteiger partial charge in [0.05, 0.1) is 30.5 Å². The van der Waals surface area contributed by atoms with Gasteiger partial charge in [-0.15, -0.1) is 0 Å². The number of hydrogen-bond acceptors (Lipinski definition) is 3. The van der Waals surface area contributed by atoms with Crippen LogP contribution in [0, 0.1) is 5.82 Å². The topological polar surface area (TPSA) is 76.8 Å². The number of nitrogens with zero attached hydrogens (tertiary/aromatic N) is 4. The zero-order valence-corrected chi connectivity index (χ0v) is 16.9. The molecule has 2 amide bonds. The van der Waals surface area contributed by atoms with Crippen molar-refractivity contribution < 1.29 is 9.18 Å². The van der Waals surface area contributed by atoms with Gasteiger partial charge in [0.15, 0.2) is 0 Å². The fraction of sp³-hybridized carbons (Fsp3) is 0.174. The van der Waals surface area contributed by atoms with Gasteiger partial charge in [-0.25, -0.2) is 14.2 Å². The maximum Gasteiger partial charge on any atom is 0.319 e. The number of aromatic nitrogens is 4. The van der Waals surface area contributed by atoms with Gasteiger partial charge in [-0.1, -0.05) is 24.3 Å². The van der Waals surface area contributed by atoms with Gasteiger partial charge in [-0.3, -0.25) is 4.68 Å². The highest BCUT2D eigenvalue weighted by atomic mass is 19.1. The summed E-state index contributed by atoms with van der Waals surface area (Å²) in [7, 11) is 0. The lowest BCUT2D eigenvalue weighted by Crippen LogP contribution is -2.33. The normalized spacial score (nSPS) is 14.2. The fourth-order valence-corrected chi connectivity index (χ4v) is 4.01. The summed E-state index contributed by atoms with van der Waals surface area (Å²) >= 11 is 0. The van der Waals surface area contributed by atoms with Gasteiger partial charge in [0.25, 0.3) is 0 Å². The molecular weight excluding hydrogens is 395 g/mol. The monoisotopic (exact) mass is 416 g/mol. The Morgan fingerprint density at radius 3 is 2.84 bits per heavy atom. The second-order valence-corrected chi connectivity index (χ2v) is 7.40. The first kappa shape index (κ1) is 19.0. The molecule has 0 saturated carbocycles. The molecule has 1 atom stereocenters. The third-order valence-electron chi connectivity index (χ3n) is 5.55. The van der Waals surface area contributed by atoms with Crippen LogP contribution in [0.4, 0.5) is 14.9 Å². The predicted molar refractivity (Wildman–Crippen MR) is 116 cm³/mol. The maximum atomic E-state index is 14.6. The number of anilines is 1. The minimum Gasteiger partial charge on any atom is -0.335 e. The molecule has 5 rings (SSSR count). The van der Waals surface area contributed by atoms with E-state index in [2.05, 4.69) is 37.4 Å². The lowest BCUT2D eigenvalue weighted by atomic mass is 10.0. The minimum absolute atomic E-state index is 0.0336. The average molecular weight is 416 g/mol. The summed E-state index contributed by atoms with van der Waals surface area (Å²) < 4.78 is 18.4. The van der Waals surface area contributed by atoms with Gasteiger partial charge in [0.2, 0.25) is 0 Å². The number of rotatable bonds is 5. The molecule has 7 nitrogen and oxygen atoms in total. The summed E-state index contributed by atoms with van der Waals surface area (Å²) in [6.45, 7) is 3.08. The van der Waals surface area contributed by atoms with E-state index in [0.717, 1.165) is 16.8 Å². The lowest BCUT2D eigenvalue weighted by molar-refractivity contribution is 0.251. The number of hydrogen-bond donors (Lipinski definition) is 2. The third-order valence-corrected chi connectivity index (χ3v) is 5.55. The van der Waals surface area contributed by atoms with E-state index in [1.165, 1.54) is 6.07 Å². The van der Waals surface area contributed by atoms with E-state index in [4.69, 9.17) is 0 Å². The number of carbonyl (C=O) groups is 1. The van der Waals surface area contributed by atoms with Gasteiger partial charge >= 0.3 is 6.03 Å². The molecule has 0 radical (unpaired) electrons. The van der Waals surface area contributed by atoms with Crippen molar-refractivity contribution in [3.63, 3.8) is 0 Å². The molecule has 0 aliphatic carbocycles. The number of imidazole rings is 1. The first-order valence-electron chi connectivity index (χ1n) is 10.1. The Labute approximate surface area is 178 Å². The molecular formula is C23H21FN6O. The van der Waals surface area contributed by atoms with Crippen LogP contribution in [-0.2, 0) is 6.54 Å². The molecule has 1 aliphatic rings. The molecule has 1 unspecified atom stereocenters. The van der Waals surface area contributed by atoms with Crippen LogP contribution >= 0.6 is 0 Å². The fourth-order valence-electron chi connectivity index (χ4n) is 4.01. The summed E-state index contributed by atoms with van der Waals surface area (Å²) in [5.41, 5.74) is 4.83. The molecule has 0 saturated heterocycles. The number of nitrogens with one attached hydrogen (secondary N) is 2. The first-order chi connectivity index (χ1) is 15.1. The van der Waals surface area contributed by atoms with E-state index in [9.17, 15) is 9.18 Å². The van der Waals surface area contributed by atoms with Gasteiger partial charge in [-0.05, 0) is 30.7 Å². The van der Waals surface area contributed by atoms with Gasteiger partial charge < -0.3 is 15.2 Å². The van der Waals surface area contributed by atoms with E-state index < -0.39 is 11.8 Å². The standard InChI is InChI=1S/C23H21FN6O/c1-2-29-13-15(10-27-29)17-8-7-16(9-20(17)24)28-23(31)26-12-22-19-6-4-3-5-18(19)21-11-25-14-30(21)22/h3-11,13-14,22H,2,12H2,1H3,(H2,26,28,31). The van der Waals surface area contributed by atoms with Crippen LogP contribution in [0.1, 0.15) is 18.5 Å². The largest absolute Gasteiger partial charge is 0.335 e. The number of urea groups is 1. The number of benzene rings is 2. The SMILES string of the molecule is CCn1cc(-c2ccc(NC(=O)NCC3c4ccccc4-c4cncn43)cc2F)cn1. The van der Waals surface area contributed by atoms with Crippen LogP contribution < -0.4 is 10.6 Å². The Hall–Kier alpha value is -3.94. The van der Waals surface area contributed by atoms with Crippen LogP contribution in [0.25, 0.3) is 22.4 Å². The van der Waals surface area contributed by atoms with Crippen LogP contribution in [-0.4, -0.2) is 31.9 Å². The van der Waals surface area contributed by atoms with Crippen molar-refractivity contribution in [1.29, 1.82) is 0 Å². The molecule has 3 heterocycles. The number of carbonyl (C=O) groups excluding carboxylic acids is 1. The lowest BCUT2D eigenvalue weighted by Gasteiger charge is -2.16. The smallest absolute Gasteiger partial charge is 0.319 e. The van der Waals surface area contributed by atoms with Crippen molar-refractivity contribution in [2.75, 3.05) is 11.9 Å². The summed E-state index contributed by atoms with van der Waals surface area (Å²) in [5.74, 6) is -0.416. The molecule has 2 aromatic heterocycles. The van der Waals surface area contributed by atoms with E-state index in [1.54, 1.807) is 35.5 Å². The molecule has 8 heteroatoms. The number of amides is 2. The average Bonchev–Trinajstić information content (AvgIpc) is 3.49. The van der Waals surface area contributed by atoms with Crippen molar-refractivity contribution in [3.05, 3.63) is 78.8 Å². The van der Waals surface area contributed by atoms with Crippen molar-refractivity contribution in [1.82, 2.24) is 24.6 Å². The van der Waals surface area contributed by atoms with E-state index in [-0.39, 0.29) is 6.04 Å². The van der Waals surface area contributed by atoms with Crippen LogP contribution in [0.5, 0.6) is 0 Å². The molecule has 31 heavy (non-hydrogen) atoms. The Morgan fingerprint density at radius 2 is 2.03 bits per heavy atom. The summed E-state index contributed by atoms with van der Waals surface area (Å²) in [4.78, 5) is 16.7. The Balaban J connectivity index is 1.26. The van der Waals surface area contributed by atoms with E-state index >= 15 is 0 Å². The van der Waals surface area contributed by atoms with Crippen molar-refractivity contribution in [2.24, 2.45) is 0 Å². The molecule has 156 valence electrons. The molecule has 2 N–H and O–H groups in total. The summed E-state index contributed by atoms with van der Waals surface area (Å²) in [6, 6.07) is 12.3. The minimum atomic E-state index is -0.416. The zero-order chi connectivity index (χ0) is 21.4. The molecule has 0 spiro atoms. The van der Waals surface area contributed by atoms with Crippen LogP contribution in [0.15, 0.2) is 67.4 Å². The highest BCUT2D eigenvalue weighted by Crippen LogP contribution is 2.38. The van der Waals surface area contributed by atoms with Crippen molar-refractivity contribution in [2.45, 2.75) is 19.5 Å². The highest BCUT2D eigenvalue weighted by Gasteiger charge is 2.28. The Bertz CT molecular complexity index is 1260. The molecule has 4 aromatic rings. The number of fused-ring (bicyclic) bond motifs is 3. The van der Waals surface area contributed by atoms with Crippen LogP contribution in [0.3, 0.4) is 0 Å². The van der Waals surface area contributed by atoms with Gasteiger partial charge in [0.1, 0.15) is 5.82 Å². The Kier molecular flexibility index (Phi) is 4.74. The molecule has 0 fully saturated rings. The predicted octanol–water partition coefficient (Wildman–Crippen LogP) is 4.30. The Morgan fingerprint density at radius 1 is 1.16 bits per heavy atom. The number of halogens is 1. The molecule has 2 aromatic carbocycles. The van der Waals surface area contributed by atoms with E-state index in [0.29, 0.717) is 29.9 Å². The van der Waals surface area contributed by atoms with Gasteiger partial charge in [0, 0.05) is 41.7 Å². The second kappa shape index (κ2) is 7.71. The van der Waals surface area contributed by atoms with Crippen molar-refractivity contribution >= 4 is 11.7 Å². The van der Waals surface area contributed by atoms with Gasteiger partial charge in [-0.2, -0.15) is 5.10 Å². The highest BCUT2D eigenvalue weighted by molar-refractivity contribution is 5.89. The maximum absolute atomic E-state index is 14.6. The second-order valence-electron chi connectivity index (χ2n) is 7.40. The molecule has 1 aliphatic heterocycles. The summed E-state index contributed by atoms with van der Waals surface area (Å²) in [5, 5.41) is 9.77. The third kappa shape index (κ3) is 3.46. The van der Waals surface area contributed by atoms with Crippen molar-refractivity contribution in [3.8, 4) is 22.4 Å². The van der Waals surface area contributed by atoms with E-state index in [1.807, 2.05) is 25.3 Å². The molecule has 0 bridgehead atoms. The summed E-state index contributed by atoms with van der Waals surface area (Å²) in [6.07, 6.45) is 7.02. The quantitative estimate of drug-likeness (QED) is 0.509. The van der Waals surface area contributed by atoms with Crippen LogP contribution in [0.2, 0.25) is 0 Å².